The van der Waals surface area contributed by atoms with Gasteiger partial charge in [0.15, 0.2) is 0 Å². The third-order valence-electron chi connectivity index (χ3n) is 27.8. The van der Waals surface area contributed by atoms with Crippen molar-refractivity contribution in [2.24, 2.45) is 0 Å². The van der Waals surface area contributed by atoms with Crippen molar-refractivity contribution in [2.45, 2.75) is 0 Å². The minimum Gasteiger partial charge on any atom is -0.456 e. The Morgan fingerprint density at radius 3 is 0.881 bits per heavy atom. The number of aromatic nitrogens is 3. The summed E-state index contributed by atoms with van der Waals surface area (Å²) in [6.07, 6.45) is 0. The smallest absolute Gasteiger partial charge is 0.145 e. The molecule has 0 saturated carbocycles. The molecule has 0 spiro atoms. The van der Waals surface area contributed by atoms with Gasteiger partial charge in [0.2, 0.25) is 0 Å². The van der Waals surface area contributed by atoms with E-state index >= 15 is 0 Å². The normalized spacial score (nSPS) is 12.4. The highest BCUT2D eigenvalue weighted by Crippen LogP contribution is 2.58. The molecular weight excluding hydrogens is 1660 g/mol. The molecule has 21 aromatic carbocycles. The summed E-state index contributed by atoms with van der Waals surface area (Å²) < 4.78 is 23.0. The van der Waals surface area contributed by atoms with Crippen LogP contribution < -0.4 is 14.7 Å². The maximum Gasteiger partial charge on any atom is 0.145 e. The molecule has 0 fully saturated rings. The van der Waals surface area contributed by atoms with Crippen LogP contribution in [0.15, 0.2) is 482 Å². The van der Waals surface area contributed by atoms with Crippen LogP contribution in [0.25, 0.3) is 213 Å². The van der Waals surface area contributed by atoms with Gasteiger partial charge in [0.25, 0.3) is 0 Å². The summed E-state index contributed by atoms with van der Waals surface area (Å²) in [5.41, 5.74) is 39.2. The number of hydrogen-bond donors (Lipinski definition) is 0. The Bertz CT molecular complexity index is 8970. The van der Waals surface area contributed by atoms with Gasteiger partial charge in [0, 0.05) is 85.7 Å². The van der Waals surface area contributed by atoms with Crippen molar-refractivity contribution in [2.75, 3.05) is 14.7 Å². The molecule has 3 aliphatic rings. The summed E-state index contributed by atoms with van der Waals surface area (Å²) in [5, 5.41) is 14.7. The van der Waals surface area contributed by atoms with E-state index < -0.39 is 0 Å². The Morgan fingerprint density at radius 1 is 0.163 bits per heavy atom. The summed E-state index contributed by atoms with van der Waals surface area (Å²) >= 11 is 1.88. The highest BCUT2D eigenvalue weighted by atomic mass is 32.1. The zero-order chi connectivity index (χ0) is 88.5. The number of para-hydroxylation sites is 11. The van der Waals surface area contributed by atoms with Crippen molar-refractivity contribution >= 4 is 192 Å². The maximum absolute atomic E-state index is 6.59. The van der Waals surface area contributed by atoms with Crippen LogP contribution in [0.5, 0.6) is 0 Å². The number of fused-ring (bicyclic) bond motifs is 27. The Balaban J connectivity index is 0.000000101. The largest absolute Gasteiger partial charge is 0.456 e. The van der Waals surface area contributed by atoms with Crippen molar-refractivity contribution in [3.63, 3.8) is 0 Å². The number of thiophene rings is 1. The first-order valence-corrected chi connectivity index (χ1v) is 46.9. The molecule has 9 heteroatoms. The summed E-state index contributed by atoms with van der Waals surface area (Å²) in [4.78, 5) is 7.35. The Kier molecular flexibility index (Phi) is 17.2. The lowest BCUT2D eigenvalue weighted by Crippen LogP contribution is -2.18. The van der Waals surface area contributed by atoms with Crippen molar-refractivity contribution in [3.8, 4) is 83.8 Å². The number of furan rings is 2. The van der Waals surface area contributed by atoms with E-state index in [1.165, 1.54) is 164 Å². The molecular formula is C126H78N6O2S. The van der Waals surface area contributed by atoms with Crippen molar-refractivity contribution in [1.82, 2.24) is 13.7 Å². The first-order chi connectivity index (χ1) is 67.0. The molecule has 6 aromatic heterocycles. The standard InChI is InChI=1S/2C42H26N2O.C42H26N2S/c1-3-12-27(13-4-1)29-24-30(28-14-5-2-6-15-28)26-31(25-29)43-35-18-8-9-19-36(35)44-37-23-22-33-32-16-7-10-21-39(32)45-42(33)40(37)34-17-11-20-38(43)41(34)44;2*1-3-12-27(13-4-1)29-24-30(28-14-5-2-6-15-28)26-31(25-29)43-34-18-8-9-19-35(34)44-36-22-23-39-41(32-16-7-10-21-38(32)45-39)40(36)33-17-11-20-37(43)42(33)44/h3*1-26H. The Hall–Kier alpha value is -17.8. The highest BCUT2D eigenvalue weighted by Gasteiger charge is 2.35. The summed E-state index contributed by atoms with van der Waals surface area (Å²) in [7, 11) is 0. The number of rotatable bonds is 9. The molecule has 30 rings (SSSR count). The predicted molar refractivity (Wildman–Crippen MR) is 567 cm³/mol. The topological polar surface area (TPSA) is 50.8 Å². The van der Waals surface area contributed by atoms with Gasteiger partial charge in [-0.1, -0.05) is 309 Å². The quantitative estimate of drug-likeness (QED) is 0.144. The number of benzene rings is 21. The van der Waals surface area contributed by atoms with Gasteiger partial charge in [-0.05, 0) is 231 Å². The second-order valence-corrected chi connectivity index (χ2v) is 36.4. The summed E-state index contributed by atoms with van der Waals surface area (Å²) in [6, 6.07) is 171. The van der Waals surface area contributed by atoms with Gasteiger partial charge in [0.05, 0.1) is 89.7 Å². The van der Waals surface area contributed by atoms with Gasteiger partial charge < -0.3 is 37.2 Å². The molecule has 27 aromatic rings. The van der Waals surface area contributed by atoms with Crippen molar-refractivity contribution in [1.29, 1.82) is 0 Å². The minimum atomic E-state index is 0.917. The van der Waals surface area contributed by atoms with E-state index in [0.717, 1.165) is 101 Å². The summed E-state index contributed by atoms with van der Waals surface area (Å²) in [5.74, 6) is 0. The highest BCUT2D eigenvalue weighted by molar-refractivity contribution is 7.26. The molecule has 3 aliphatic heterocycles. The van der Waals surface area contributed by atoms with Gasteiger partial charge in [-0.3, -0.25) is 0 Å². The van der Waals surface area contributed by atoms with Crippen molar-refractivity contribution < 1.29 is 8.83 Å². The van der Waals surface area contributed by atoms with Crippen LogP contribution in [0, 0.1) is 0 Å². The summed E-state index contributed by atoms with van der Waals surface area (Å²) in [6.45, 7) is 0. The van der Waals surface area contributed by atoms with Gasteiger partial charge >= 0.3 is 0 Å². The van der Waals surface area contributed by atoms with E-state index in [1.807, 2.05) is 23.5 Å². The fraction of sp³-hybridized carbons (Fsp3) is 0. The molecule has 0 amide bonds. The number of anilines is 9. The molecule has 0 bridgehead atoms. The lowest BCUT2D eigenvalue weighted by atomic mass is 9.97. The third kappa shape index (κ3) is 11.9. The fourth-order valence-electron chi connectivity index (χ4n) is 22.1. The van der Waals surface area contributed by atoms with E-state index in [2.05, 4.69) is 489 Å². The van der Waals surface area contributed by atoms with E-state index in [9.17, 15) is 0 Å². The van der Waals surface area contributed by atoms with Gasteiger partial charge in [0.1, 0.15) is 22.3 Å². The zero-order valence-electron chi connectivity index (χ0n) is 72.9. The van der Waals surface area contributed by atoms with E-state index in [0.29, 0.717) is 0 Å². The van der Waals surface area contributed by atoms with Gasteiger partial charge in [-0.2, -0.15) is 0 Å². The minimum absolute atomic E-state index is 0.917. The first kappa shape index (κ1) is 76.1. The molecule has 0 aliphatic carbocycles. The molecule has 0 radical (unpaired) electrons. The van der Waals surface area contributed by atoms with Crippen LogP contribution >= 0.6 is 11.3 Å². The maximum atomic E-state index is 6.59. The van der Waals surface area contributed by atoms with E-state index in [1.54, 1.807) is 0 Å². The monoisotopic (exact) mass is 1740 g/mol. The average molecular weight is 1740 g/mol. The molecule has 9 heterocycles. The van der Waals surface area contributed by atoms with E-state index in [-0.39, 0.29) is 0 Å². The van der Waals surface area contributed by atoms with Crippen LogP contribution in [0.3, 0.4) is 0 Å². The molecule has 0 N–H and O–H groups in total. The lowest BCUT2D eigenvalue weighted by Gasteiger charge is -2.33. The molecule has 630 valence electrons. The second-order valence-electron chi connectivity index (χ2n) is 35.3. The van der Waals surface area contributed by atoms with Crippen LogP contribution in [0.4, 0.5) is 51.2 Å². The molecule has 0 unspecified atom stereocenters. The Labute approximate surface area is 780 Å². The first-order valence-electron chi connectivity index (χ1n) is 46.1. The second kappa shape index (κ2) is 30.4. The predicted octanol–water partition coefficient (Wildman–Crippen LogP) is 35.9. The zero-order valence-corrected chi connectivity index (χ0v) is 73.8. The third-order valence-corrected chi connectivity index (χ3v) is 28.9. The average Bonchev–Trinajstić information content (AvgIpc) is 1.55. The lowest BCUT2D eigenvalue weighted by molar-refractivity contribution is 0.669. The fourth-order valence-corrected chi connectivity index (χ4v) is 23.2. The molecule has 135 heavy (non-hydrogen) atoms. The molecule has 8 nitrogen and oxygen atoms in total. The van der Waals surface area contributed by atoms with Gasteiger partial charge in [-0.15, -0.1) is 11.3 Å². The van der Waals surface area contributed by atoms with Crippen molar-refractivity contribution in [3.05, 3.63) is 473 Å². The molecule has 0 saturated heterocycles. The number of hydrogen-bond acceptors (Lipinski definition) is 6. The van der Waals surface area contributed by atoms with Gasteiger partial charge in [-0.25, -0.2) is 0 Å². The Morgan fingerprint density at radius 2 is 0.467 bits per heavy atom. The van der Waals surface area contributed by atoms with Crippen LogP contribution in [-0.2, 0) is 0 Å². The van der Waals surface area contributed by atoms with Crippen LogP contribution in [0.2, 0.25) is 0 Å². The molecule has 0 atom stereocenters. The SMILES string of the molecule is c1ccc(-c2cc(-c3ccccc3)cc(N3c4ccccc4-n4c5ccc6c7ccccc7oc6c5c5cccc3c54)c2)cc1.c1ccc(-c2cc(-c3ccccc3)cc(N3c4ccccc4-n4c5ccc6oc7ccccc7c6c5c5cccc3c54)c2)cc1.c1ccc(-c2cc(-c3ccccc3)cc(N3c4ccccc4-n4c5ccc6sc7ccccc7c6c5c5cccc3c54)c2)cc1. The van der Waals surface area contributed by atoms with Crippen LogP contribution in [0.1, 0.15) is 0 Å². The number of nitrogens with zero attached hydrogens (tertiary/aromatic N) is 6. The van der Waals surface area contributed by atoms with Crippen LogP contribution in [-0.4, -0.2) is 13.7 Å². The van der Waals surface area contributed by atoms with E-state index in [4.69, 9.17) is 8.83 Å².